The Morgan fingerprint density at radius 3 is 1.17 bits per heavy atom. The predicted octanol–water partition coefficient (Wildman–Crippen LogP) is 17.1. The number of ether oxygens (including phenoxy) is 4. The molecule has 546 valence electrons. The maximum absolute atomic E-state index is 13.4. The molecule has 2 aliphatic rings. The number of aliphatic hydroxyl groups is 8. The maximum atomic E-state index is 13.4. The van der Waals surface area contributed by atoms with Gasteiger partial charge in [-0.05, 0) is 83.5 Å². The number of nitrogens with one attached hydrogen (secondary N) is 1. The molecule has 2 heterocycles. The molecule has 2 aliphatic heterocycles. The van der Waals surface area contributed by atoms with Crippen LogP contribution in [0.4, 0.5) is 0 Å². The second-order valence-corrected chi connectivity index (χ2v) is 27.1. The monoisotopic (exact) mass is 1330 g/mol. The van der Waals surface area contributed by atoms with E-state index in [2.05, 4.69) is 92.1 Å². The smallest absolute Gasteiger partial charge is 0.220 e. The predicted molar refractivity (Wildman–Crippen MR) is 387 cm³/mol. The van der Waals surface area contributed by atoms with E-state index in [-0.39, 0.29) is 18.9 Å². The van der Waals surface area contributed by atoms with E-state index in [0.717, 1.165) is 70.6 Å². The van der Waals surface area contributed by atoms with Crippen molar-refractivity contribution in [2.24, 2.45) is 0 Å². The van der Waals surface area contributed by atoms with Crippen LogP contribution in [-0.4, -0.2) is 140 Å². The largest absolute Gasteiger partial charge is 0.394 e. The van der Waals surface area contributed by atoms with E-state index < -0.39 is 86.8 Å². The van der Waals surface area contributed by atoms with Gasteiger partial charge in [0.25, 0.3) is 0 Å². The van der Waals surface area contributed by atoms with Crippen LogP contribution >= 0.6 is 0 Å². The summed E-state index contributed by atoms with van der Waals surface area (Å²) in [5.41, 5.74) is 0. The van der Waals surface area contributed by atoms with E-state index in [1.807, 2.05) is 6.08 Å². The Bertz CT molecular complexity index is 1900. The first kappa shape index (κ1) is 87.3. The zero-order valence-corrected chi connectivity index (χ0v) is 59.7. The topological polar surface area (TPSA) is 228 Å². The lowest BCUT2D eigenvalue weighted by atomic mass is 9.97. The van der Waals surface area contributed by atoms with Gasteiger partial charge in [-0.15, -0.1) is 0 Å². The minimum atomic E-state index is -1.80. The third-order valence-corrected chi connectivity index (χ3v) is 18.5. The summed E-state index contributed by atoms with van der Waals surface area (Å²) in [7, 11) is 0. The van der Waals surface area contributed by atoms with Crippen LogP contribution in [0.2, 0.25) is 0 Å². The SMILES string of the molecule is CC/C=C\C/C=C\C/C=C\C/C=C\CCCCCCCCCCCCCCCCC(=O)NC(COC1OC(CO)C(OC2OC(CO)C(O)C(O)C2O)C(O)C1O)C(O)/C=C/CC/C=C/CC/C=C/CCCCCCCCCCCCCCCCCCCCCCCCC. The zero-order chi connectivity index (χ0) is 68.0. The number of aliphatic hydroxyl groups excluding tert-OH is 8. The number of rotatable bonds is 64. The molecule has 1 amide bonds. The van der Waals surface area contributed by atoms with Crippen molar-refractivity contribution < 1.29 is 64.6 Å². The number of hydrogen-bond donors (Lipinski definition) is 9. The molecule has 0 aliphatic carbocycles. The third-order valence-electron chi connectivity index (χ3n) is 18.5. The lowest BCUT2D eigenvalue weighted by Crippen LogP contribution is -2.65. The fraction of sp³-hybridized carbons (Fsp3) is 0.812. The second kappa shape index (κ2) is 63.6. The normalized spacial score (nSPS) is 22.9. The second-order valence-electron chi connectivity index (χ2n) is 27.1. The Morgan fingerprint density at radius 2 is 0.745 bits per heavy atom. The van der Waals surface area contributed by atoms with Crippen molar-refractivity contribution in [3.05, 3.63) is 85.1 Å². The number of amides is 1. The molecule has 0 radical (unpaired) electrons. The average molecular weight is 1330 g/mol. The van der Waals surface area contributed by atoms with Crippen molar-refractivity contribution >= 4 is 5.91 Å². The molecule has 0 bridgehead atoms. The van der Waals surface area contributed by atoms with E-state index in [4.69, 9.17) is 18.9 Å². The Morgan fingerprint density at radius 1 is 0.394 bits per heavy atom. The summed E-state index contributed by atoms with van der Waals surface area (Å²) in [6.07, 6.45) is 72.3. The lowest BCUT2D eigenvalue weighted by molar-refractivity contribution is -0.359. The van der Waals surface area contributed by atoms with Gasteiger partial charge in [-0.25, -0.2) is 0 Å². The highest BCUT2D eigenvalue weighted by Crippen LogP contribution is 2.30. The molecule has 12 atom stereocenters. The van der Waals surface area contributed by atoms with Crippen LogP contribution in [0.15, 0.2) is 85.1 Å². The van der Waals surface area contributed by atoms with Gasteiger partial charge in [-0.2, -0.15) is 0 Å². The first-order chi connectivity index (χ1) is 46.1. The molecule has 0 aromatic heterocycles. The summed E-state index contributed by atoms with van der Waals surface area (Å²) in [5.74, 6) is -0.253. The number of carbonyl (C=O) groups is 1. The van der Waals surface area contributed by atoms with Gasteiger partial charge in [0.05, 0.1) is 32.0 Å². The number of hydrogen-bond acceptors (Lipinski definition) is 13. The van der Waals surface area contributed by atoms with Crippen molar-refractivity contribution in [3.8, 4) is 0 Å². The fourth-order valence-corrected chi connectivity index (χ4v) is 12.4. The minimum Gasteiger partial charge on any atom is -0.394 e. The van der Waals surface area contributed by atoms with Crippen molar-refractivity contribution in [1.82, 2.24) is 5.32 Å². The van der Waals surface area contributed by atoms with Crippen LogP contribution < -0.4 is 5.32 Å². The van der Waals surface area contributed by atoms with Crippen LogP contribution in [0.1, 0.15) is 322 Å². The van der Waals surface area contributed by atoms with E-state index in [9.17, 15) is 45.6 Å². The Balaban J connectivity index is 1.66. The number of carbonyl (C=O) groups excluding carboxylic acids is 1. The Labute approximate surface area is 573 Å². The van der Waals surface area contributed by atoms with Gasteiger partial charge in [0.15, 0.2) is 12.6 Å². The lowest BCUT2D eigenvalue weighted by Gasteiger charge is -2.46. The quantitative estimate of drug-likeness (QED) is 0.0204. The van der Waals surface area contributed by atoms with Crippen LogP contribution in [0.5, 0.6) is 0 Å². The standard InChI is InChI=1S/C80H143NO13/c1-3-5-7-9-11-13-15-17-19-21-23-25-27-29-31-32-33-34-35-36-38-39-41-43-45-47-49-51-53-55-57-59-61-63-69(84)68(67-91-79-77(90)75(88)78(71(66-83)93-79)94-80-76(89)74(87)73(86)70(65-82)92-80)81-72(85)64-62-60-58-56-54-52-50-48-46-44-42-40-37-30-28-26-24-22-20-18-16-14-12-10-8-6-4-2/h6,8,12,14,18,20,24,26,45,47,53,55,61,63,68-71,73-80,82-84,86-90H,3-5,7,9-11,13,15-17,19,21-23,25,27-44,46,48-52,54,56-60,62,64-67H2,1-2H3,(H,81,85)/b8-6-,14-12-,20-18-,26-24-,47-45+,55-53+,63-61+. The molecular formula is C80H143NO13. The highest BCUT2D eigenvalue weighted by atomic mass is 16.7. The first-order valence-corrected chi connectivity index (χ1v) is 38.8. The molecule has 12 unspecified atom stereocenters. The van der Waals surface area contributed by atoms with Gasteiger partial charge < -0.3 is 65.1 Å². The van der Waals surface area contributed by atoms with Crippen LogP contribution in [0, 0.1) is 0 Å². The number of unbranched alkanes of at least 4 members (excludes halogenated alkanes) is 39. The summed E-state index contributed by atoms with van der Waals surface area (Å²) in [5, 5.41) is 87.6. The molecule has 2 rings (SSSR count). The third kappa shape index (κ3) is 46.4. The molecule has 0 spiro atoms. The molecule has 14 nitrogen and oxygen atoms in total. The van der Waals surface area contributed by atoms with Crippen molar-refractivity contribution in [3.63, 3.8) is 0 Å². The first-order valence-electron chi connectivity index (χ1n) is 38.8. The van der Waals surface area contributed by atoms with E-state index >= 15 is 0 Å². The molecular weight excluding hydrogens is 1180 g/mol. The van der Waals surface area contributed by atoms with Gasteiger partial charge in [-0.3, -0.25) is 4.79 Å². The molecule has 14 heteroatoms. The summed E-state index contributed by atoms with van der Waals surface area (Å²) in [6.45, 7) is 2.70. The minimum absolute atomic E-state index is 0.253. The average Bonchev–Trinajstić information content (AvgIpc) is 0.794. The van der Waals surface area contributed by atoms with Crippen LogP contribution in [0.3, 0.4) is 0 Å². The molecule has 94 heavy (non-hydrogen) atoms. The summed E-state index contributed by atoms with van der Waals surface area (Å²) in [4.78, 5) is 13.4. The van der Waals surface area contributed by atoms with Crippen molar-refractivity contribution in [1.29, 1.82) is 0 Å². The van der Waals surface area contributed by atoms with Crippen LogP contribution in [-0.2, 0) is 23.7 Å². The van der Waals surface area contributed by atoms with Gasteiger partial charge in [-0.1, -0.05) is 317 Å². The Kier molecular flexibility index (Phi) is 59.0. The van der Waals surface area contributed by atoms with Crippen molar-refractivity contribution in [2.45, 2.75) is 396 Å². The van der Waals surface area contributed by atoms with Gasteiger partial charge >= 0.3 is 0 Å². The summed E-state index contributed by atoms with van der Waals surface area (Å²) >= 11 is 0. The molecule has 9 N–H and O–H groups in total. The Hall–Kier alpha value is -2.83. The maximum Gasteiger partial charge on any atom is 0.220 e. The highest BCUT2D eigenvalue weighted by molar-refractivity contribution is 5.76. The molecule has 0 saturated carbocycles. The van der Waals surface area contributed by atoms with E-state index in [1.54, 1.807) is 6.08 Å². The van der Waals surface area contributed by atoms with Gasteiger partial charge in [0.1, 0.15) is 48.8 Å². The molecule has 2 saturated heterocycles. The number of allylic oxidation sites excluding steroid dienone is 13. The van der Waals surface area contributed by atoms with Crippen molar-refractivity contribution in [2.75, 3.05) is 19.8 Å². The molecule has 0 aromatic rings. The zero-order valence-electron chi connectivity index (χ0n) is 59.7. The van der Waals surface area contributed by atoms with Gasteiger partial charge in [0.2, 0.25) is 5.91 Å². The van der Waals surface area contributed by atoms with E-state index in [0.29, 0.717) is 12.8 Å². The summed E-state index contributed by atoms with van der Waals surface area (Å²) in [6, 6.07) is -0.945. The highest BCUT2D eigenvalue weighted by Gasteiger charge is 2.51. The molecule has 2 fully saturated rings. The fourth-order valence-electron chi connectivity index (χ4n) is 12.4. The van der Waals surface area contributed by atoms with Crippen LogP contribution in [0.25, 0.3) is 0 Å². The van der Waals surface area contributed by atoms with Gasteiger partial charge in [0, 0.05) is 6.42 Å². The van der Waals surface area contributed by atoms with E-state index in [1.165, 1.54) is 218 Å². The summed E-state index contributed by atoms with van der Waals surface area (Å²) < 4.78 is 22.9. The molecule has 0 aromatic carbocycles.